The standard InChI is InChI=1S/C22H33N2O7PS2/c1-6-29-32(26,30-7-2)14-18-15-34-22(23-18)24-21(25)17-10-19(28-8-9-33-5)12-20(11-17)31-16(3)13-27-4/h10-12,15-16H,6-9,13-14H2,1-5H3,(H,23,24,25)/t16-/m0/s1. The number of nitrogens with zero attached hydrogens (tertiary/aromatic N) is 1. The Morgan fingerprint density at radius 1 is 1.21 bits per heavy atom. The SMILES string of the molecule is CCOP(=O)(Cc1csc(NC(=O)c2cc(OCCSC)cc(O[C@@H](C)COC)c2)n1)OCC. The van der Waals surface area contributed by atoms with E-state index < -0.39 is 7.60 Å². The van der Waals surface area contributed by atoms with Gasteiger partial charge in [0.15, 0.2) is 5.13 Å². The molecule has 34 heavy (non-hydrogen) atoms. The van der Waals surface area contributed by atoms with E-state index in [1.165, 1.54) is 11.3 Å². The fourth-order valence-corrected chi connectivity index (χ4v) is 5.61. The maximum absolute atomic E-state index is 13.0. The second-order valence-electron chi connectivity index (χ2n) is 7.12. The first-order valence-corrected chi connectivity index (χ1v) is 14.9. The van der Waals surface area contributed by atoms with Gasteiger partial charge >= 0.3 is 7.60 Å². The van der Waals surface area contributed by atoms with E-state index in [0.29, 0.717) is 41.1 Å². The third kappa shape index (κ3) is 9.56. The molecule has 2 aromatic rings. The second kappa shape index (κ2) is 14.7. The fraction of sp³-hybridized carbons (Fsp3) is 0.545. The van der Waals surface area contributed by atoms with Gasteiger partial charge in [-0.2, -0.15) is 11.8 Å². The number of rotatable bonds is 16. The molecule has 0 aliphatic carbocycles. The van der Waals surface area contributed by atoms with E-state index in [2.05, 4.69) is 10.3 Å². The molecule has 1 aromatic heterocycles. The van der Waals surface area contributed by atoms with E-state index in [1.54, 1.807) is 56.3 Å². The van der Waals surface area contributed by atoms with Crippen LogP contribution in [0.1, 0.15) is 36.8 Å². The van der Waals surface area contributed by atoms with Crippen molar-refractivity contribution < 1.29 is 32.6 Å². The Kier molecular flexibility index (Phi) is 12.4. The van der Waals surface area contributed by atoms with Gasteiger partial charge in [-0.25, -0.2) is 4.98 Å². The number of amides is 1. The van der Waals surface area contributed by atoms with Crippen LogP contribution in [0.15, 0.2) is 23.6 Å². The van der Waals surface area contributed by atoms with Crippen molar-refractivity contribution in [2.24, 2.45) is 0 Å². The van der Waals surface area contributed by atoms with Crippen molar-refractivity contribution in [2.75, 3.05) is 50.9 Å². The van der Waals surface area contributed by atoms with Crippen LogP contribution in [0.5, 0.6) is 11.5 Å². The van der Waals surface area contributed by atoms with Gasteiger partial charge in [0.05, 0.1) is 38.3 Å². The molecule has 190 valence electrons. The zero-order valence-corrected chi connectivity index (χ0v) is 22.7. The van der Waals surface area contributed by atoms with E-state index >= 15 is 0 Å². The minimum Gasteiger partial charge on any atom is -0.493 e. The Morgan fingerprint density at radius 3 is 2.56 bits per heavy atom. The molecule has 0 fully saturated rings. The van der Waals surface area contributed by atoms with Crippen molar-refractivity contribution in [3.8, 4) is 11.5 Å². The number of aromatic nitrogens is 1. The highest BCUT2D eigenvalue weighted by Crippen LogP contribution is 2.51. The first-order valence-electron chi connectivity index (χ1n) is 10.9. The lowest BCUT2D eigenvalue weighted by Crippen LogP contribution is -2.19. The van der Waals surface area contributed by atoms with E-state index in [-0.39, 0.29) is 31.4 Å². The first kappa shape index (κ1) is 28.6. The molecule has 0 saturated heterocycles. The van der Waals surface area contributed by atoms with Gasteiger partial charge in [0.1, 0.15) is 17.6 Å². The van der Waals surface area contributed by atoms with Gasteiger partial charge in [0.2, 0.25) is 0 Å². The van der Waals surface area contributed by atoms with Crippen molar-refractivity contribution in [2.45, 2.75) is 33.0 Å². The first-order chi connectivity index (χ1) is 16.3. The number of carbonyl (C=O) groups excluding carboxylic acids is 1. The lowest BCUT2D eigenvalue weighted by molar-refractivity contribution is 0.0915. The Bertz CT molecular complexity index is 947. The zero-order chi connectivity index (χ0) is 25.0. The summed E-state index contributed by atoms with van der Waals surface area (Å²) in [5.74, 6) is 1.50. The Labute approximate surface area is 209 Å². The lowest BCUT2D eigenvalue weighted by Gasteiger charge is -2.16. The predicted octanol–water partition coefficient (Wildman–Crippen LogP) is 5.32. The average molecular weight is 533 g/mol. The second-order valence-corrected chi connectivity index (χ2v) is 11.0. The Hall–Kier alpha value is -1.62. The van der Waals surface area contributed by atoms with E-state index in [9.17, 15) is 9.36 Å². The molecule has 1 N–H and O–H groups in total. The minimum atomic E-state index is -3.28. The van der Waals surface area contributed by atoms with Gasteiger partial charge in [-0.1, -0.05) is 0 Å². The van der Waals surface area contributed by atoms with Gasteiger partial charge in [-0.05, 0) is 39.2 Å². The number of ether oxygens (including phenoxy) is 3. The molecule has 1 amide bonds. The molecule has 0 unspecified atom stereocenters. The fourth-order valence-electron chi connectivity index (χ4n) is 2.92. The summed E-state index contributed by atoms with van der Waals surface area (Å²) in [5, 5.41) is 4.89. The van der Waals surface area contributed by atoms with Crippen LogP contribution >= 0.6 is 30.7 Å². The van der Waals surface area contributed by atoms with Crippen molar-refractivity contribution in [1.29, 1.82) is 0 Å². The lowest BCUT2D eigenvalue weighted by atomic mass is 10.2. The highest BCUT2D eigenvalue weighted by molar-refractivity contribution is 7.98. The molecular weight excluding hydrogens is 499 g/mol. The highest BCUT2D eigenvalue weighted by atomic mass is 32.2. The summed E-state index contributed by atoms with van der Waals surface area (Å²) in [7, 11) is -1.68. The minimum absolute atomic E-state index is 0.0369. The number of hydrogen-bond acceptors (Lipinski definition) is 10. The molecule has 1 heterocycles. The number of thiazole rings is 1. The van der Waals surface area contributed by atoms with Gasteiger partial charge in [0, 0.05) is 29.9 Å². The van der Waals surface area contributed by atoms with Crippen molar-refractivity contribution in [1.82, 2.24) is 4.98 Å². The molecule has 0 radical (unpaired) electrons. The zero-order valence-electron chi connectivity index (χ0n) is 20.2. The number of nitrogens with one attached hydrogen (secondary N) is 1. The van der Waals surface area contributed by atoms with Crippen molar-refractivity contribution in [3.63, 3.8) is 0 Å². The third-order valence-electron chi connectivity index (χ3n) is 4.22. The third-order valence-corrected chi connectivity index (χ3v) is 7.61. The number of thioether (sulfide) groups is 1. The summed E-state index contributed by atoms with van der Waals surface area (Å²) in [6.07, 6.45) is 1.84. The summed E-state index contributed by atoms with van der Waals surface area (Å²) in [6, 6.07) is 5.07. The van der Waals surface area contributed by atoms with Gasteiger partial charge in [-0.3, -0.25) is 14.7 Å². The molecule has 1 aromatic carbocycles. The van der Waals surface area contributed by atoms with Crippen LogP contribution in [-0.4, -0.2) is 62.5 Å². The Balaban J connectivity index is 2.16. The van der Waals surface area contributed by atoms with Crippen molar-refractivity contribution >= 4 is 41.7 Å². The normalized spacial score (nSPS) is 12.4. The number of carbonyl (C=O) groups is 1. The van der Waals surface area contributed by atoms with Crippen LogP contribution in [0.4, 0.5) is 5.13 Å². The summed E-state index contributed by atoms with van der Waals surface area (Å²) in [5.41, 5.74) is 0.893. The highest BCUT2D eigenvalue weighted by Gasteiger charge is 2.26. The molecule has 9 nitrogen and oxygen atoms in total. The van der Waals surface area contributed by atoms with Crippen LogP contribution < -0.4 is 14.8 Å². The summed E-state index contributed by atoms with van der Waals surface area (Å²) in [6.45, 7) is 6.85. The van der Waals surface area contributed by atoms with Crippen molar-refractivity contribution in [3.05, 3.63) is 34.8 Å². The van der Waals surface area contributed by atoms with Crippen LogP contribution in [-0.2, 0) is 24.5 Å². The predicted molar refractivity (Wildman–Crippen MR) is 137 cm³/mol. The van der Waals surface area contributed by atoms with E-state index in [0.717, 1.165) is 5.75 Å². The number of anilines is 1. The molecule has 0 spiro atoms. The van der Waals surface area contributed by atoms with Crippen LogP contribution in [0, 0.1) is 0 Å². The van der Waals surface area contributed by atoms with Crippen LogP contribution in [0.3, 0.4) is 0 Å². The maximum atomic E-state index is 13.0. The maximum Gasteiger partial charge on any atom is 0.336 e. The summed E-state index contributed by atoms with van der Waals surface area (Å²) < 4.78 is 40.2. The van der Waals surface area contributed by atoms with Gasteiger partial charge in [-0.15, -0.1) is 11.3 Å². The van der Waals surface area contributed by atoms with Gasteiger partial charge in [0.25, 0.3) is 5.91 Å². The summed E-state index contributed by atoms with van der Waals surface area (Å²) in [4.78, 5) is 17.3. The Morgan fingerprint density at radius 2 is 1.91 bits per heavy atom. The van der Waals surface area contributed by atoms with Crippen LogP contribution in [0.2, 0.25) is 0 Å². The molecule has 12 heteroatoms. The molecule has 0 aliphatic heterocycles. The number of benzene rings is 1. The van der Waals surface area contributed by atoms with Gasteiger partial charge < -0.3 is 23.3 Å². The molecule has 0 aliphatic rings. The molecule has 0 saturated carbocycles. The molecule has 1 atom stereocenters. The molecule has 0 bridgehead atoms. The number of hydrogen-bond donors (Lipinski definition) is 1. The smallest absolute Gasteiger partial charge is 0.336 e. The van der Waals surface area contributed by atoms with Crippen LogP contribution in [0.25, 0.3) is 0 Å². The topological polar surface area (TPSA) is 105 Å². The molecule has 2 rings (SSSR count). The molecular formula is C22H33N2O7PS2. The summed E-state index contributed by atoms with van der Waals surface area (Å²) >= 11 is 2.90. The van der Waals surface area contributed by atoms with E-state index in [1.807, 2.05) is 13.2 Å². The average Bonchev–Trinajstić information content (AvgIpc) is 3.20. The van der Waals surface area contributed by atoms with E-state index in [4.69, 9.17) is 23.3 Å². The number of methoxy groups -OCH3 is 1. The monoisotopic (exact) mass is 532 g/mol. The quantitative estimate of drug-likeness (QED) is 0.227. The largest absolute Gasteiger partial charge is 0.493 e.